The Balaban J connectivity index is 1.55. The molecule has 0 bridgehead atoms. The van der Waals surface area contributed by atoms with Crippen LogP contribution in [0.25, 0.3) is 0 Å². The van der Waals surface area contributed by atoms with Crippen LogP contribution in [0.1, 0.15) is 10.4 Å². The van der Waals surface area contributed by atoms with E-state index in [-0.39, 0.29) is 23.3 Å². The Morgan fingerprint density at radius 2 is 1.89 bits per heavy atom. The van der Waals surface area contributed by atoms with Crippen LogP contribution in [-0.2, 0) is 4.74 Å². The molecule has 140 valence electrons. The predicted octanol–water partition coefficient (Wildman–Crippen LogP) is 3.61. The number of carbonyl (C=O) groups is 2. The molecule has 0 aromatic heterocycles. The zero-order chi connectivity index (χ0) is 19.1. The molecule has 27 heavy (non-hydrogen) atoms. The van der Waals surface area contributed by atoms with Gasteiger partial charge in [0.05, 0.1) is 29.8 Å². The minimum atomic E-state index is -1.60. The lowest BCUT2D eigenvalue weighted by Gasteiger charge is -2.38. The quantitative estimate of drug-likeness (QED) is 0.615. The molecule has 2 aromatic rings. The summed E-state index contributed by atoms with van der Waals surface area (Å²) in [6, 6.07) is 5.66. The maximum Gasteiger partial charge on any atom is 0.332 e. The summed E-state index contributed by atoms with van der Waals surface area (Å²) >= 11 is 1.19. The first kappa shape index (κ1) is 17.7. The number of nitrogens with one attached hydrogen (secondary N) is 2. The summed E-state index contributed by atoms with van der Waals surface area (Å²) in [5.74, 6) is -5.02. The fourth-order valence-corrected chi connectivity index (χ4v) is 3.60. The van der Waals surface area contributed by atoms with Crippen molar-refractivity contribution in [3.8, 4) is 0 Å². The molecule has 1 saturated heterocycles. The molecule has 2 N–H and O–H groups in total. The zero-order valence-corrected chi connectivity index (χ0v) is 14.4. The van der Waals surface area contributed by atoms with Crippen molar-refractivity contribution in [2.45, 2.75) is 10.9 Å². The van der Waals surface area contributed by atoms with Gasteiger partial charge in [0.15, 0.2) is 17.5 Å². The molecule has 0 radical (unpaired) electrons. The molecule has 3 amide bonds. The van der Waals surface area contributed by atoms with Gasteiger partial charge < -0.3 is 15.4 Å². The number of fused-ring (bicyclic) bond motifs is 1. The third kappa shape index (κ3) is 3.33. The van der Waals surface area contributed by atoms with Crippen molar-refractivity contribution >= 4 is 35.3 Å². The summed E-state index contributed by atoms with van der Waals surface area (Å²) in [6.07, 6.45) is 0. The Kier molecular flexibility index (Phi) is 4.44. The lowest BCUT2D eigenvalue weighted by atomic mass is 10.1. The standard InChI is InChI=1S/C17H12F3N3O3S/c18-11-4-9(5-12(19)15(11)20)21-16(24)8-1-2-13-14(3-8)27-23(17(25)22-13)10-6-26-7-10/h1-5,10H,6-7H2,(H,21,24)(H,22,25). The van der Waals surface area contributed by atoms with Crippen molar-refractivity contribution in [3.05, 3.63) is 53.3 Å². The van der Waals surface area contributed by atoms with Gasteiger partial charge in [-0.05, 0) is 30.1 Å². The van der Waals surface area contributed by atoms with Crippen LogP contribution in [0.3, 0.4) is 0 Å². The molecular weight excluding hydrogens is 383 g/mol. The van der Waals surface area contributed by atoms with E-state index in [4.69, 9.17) is 4.74 Å². The molecule has 0 unspecified atom stereocenters. The van der Waals surface area contributed by atoms with E-state index in [1.165, 1.54) is 22.3 Å². The van der Waals surface area contributed by atoms with Gasteiger partial charge in [-0.1, -0.05) is 0 Å². The second-order valence-electron chi connectivity index (χ2n) is 5.96. The lowest BCUT2D eigenvalue weighted by molar-refractivity contribution is -0.0228. The number of rotatable bonds is 3. The maximum absolute atomic E-state index is 13.3. The van der Waals surface area contributed by atoms with Gasteiger partial charge in [-0.3, -0.25) is 9.10 Å². The Morgan fingerprint density at radius 1 is 1.19 bits per heavy atom. The Hall–Kier alpha value is -2.72. The number of ether oxygens (including phenoxy) is 1. The van der Waals surface area contributed by atoms with E-state index in [9.17, 15) is 22.8 Å². The van der Waals surface area contributed by atoms with Gasteiger partial charge in [-0.2, -0.15) is 0 Å². The number of halogens is 3. The smallest absolute Gasteiger partial charge is 0.332 e. The highest BCUT2D eigenvalue weighted by Gasteiger charge is 2.34. The highest BCUT2D eigenvalue weighted by Crippen LogP contribution is 2.38. The third-order valence-corrected chi connectivity index (χ3v) is 5.27. The molecule has 10 heteroatoms. The summed E-state index contributed by atoms with van der Waals surface area (Å²) in [5.41, 5.74) is 0.563. The number of nitrogens with zero attached hydrogens (tertiary/aromatic N) is 1. The Bertz CT molecular complexity index is 929. The number of amides is 3. The number of urea groups is 1. The number of carbonyl (C=O) groups excluding carboxylic acids is 2. The van der Waals surface area contributed by atoms with Crippen LogP contribution in [-0.4, -0.2) is 35.5 Å². The van der Waals surface area contributed by atoms with E-state index < -0.39 is 23.4 Å². The van der Waals surface area contributed by atoms with Crippen LogP contribution in [0.4, 0.5) is 29.3 Å². The monoisotopic (exact) mass is 395 g/mol. The first-order valence-corrected chi connectivity index (χ1v) is 8.65. The highest BCUT2D eigenvalue weighted by molar-refractivity contribution is 7.97. The number of anilines is 2. The fourth-order valence-electron chi connectivity index (χ4n) is 2.59. The van der Waals surface area contributed by atoms with Crippen molar-refractivity contribution in [2.24, 2.45) is 0 Å². The van der Waals surface area contributed by atoms with Crippen molar-refractivity contribution in [2.75, 3.05) is 23.8 Å². The Labute approximate surface area is 155 Å². The van der Waals surface area contributed by atoms with Gasteiger partial charge in [0.2, 0.25) is 0 Å². The second kappa shape index (κ2) is 6.78. The lowest BCUT2D eigenvalue weighted by Crippen LogP contribution is -2.50. The van der Waals surface area contributed by atoms with Crippen molar-refractivity contribution in [1.82, 2.24) is 4.31 Å². The molecule has 4 rings (SSSR count). The number of hydrogen-bond acceptors (Lipinski definition) is 4. The summed E-state index contributed by atoms with van der Waals surface area (Å²) in [7, 11) is 0. The minimum Gasteiger partial charge on any atom is -0.377 e. The van der Waals surface area contributed by atoms with Crippen molar-refractivity contribution in [3.63, 3.8) is 0 Å². The molecule has 2 aliphatic heterocycles. The molecule has 0 spiro atoms. The largest absolute Gasteiger partial charge is 0.377 e. The van der Waals surface area contributed by atoms with E-state index in [1.807, 2.05) is 0 Å². The SMILES string of the molecule is O=C(Nc1cc(F)c(F)c(F)c1)c1ccc2c(c1)SN(C1COC1)C(=O)N2. The molecule has 0 atom stereocenters. The van der Waals surface area contributed by atoms with E-state index >= 15 is 0 Å². The summed E-state index contributed by atoms with van der Waals surface area (Å²) in [5, 5.41) is 5.06. The molecule has 0 aliphatic carbocycles. The van der Waals surface area contributed by atoms with Gasteiger partial charge in [0.25, 0.3) is 5.91 Å². The van der Waals surface area contributed by atoms with Gasteiger partial charge in [-0.25, -0.2) is 18.0 Å². The molecule has 0 saturated carbocycles. The maximum atomic E-state index is 13.3. The van der Waals surface area contributed by atoms with Crippen molar-refractivity contribution < 1.29 is 27.5 Å². The average Bonchev–Trinajstić information content (AvgIpc) is 2.58. The molecule has 1 fully saturated rings. The van der Waals surface area contributed by atoms with Gasteiger partial charge >= 0.3 is 6.03 Å². The first-order valence-electron chi connectivity index (χ1n) is 7.88. The average molecular weight is 395 g/mol. The molecular formula is C17H12F3N3O3S. The zero-order valence-electron chi connectivity index (χ0n) is 13.6. The number of benzene rings is 2. The van der Waals surface area contributed by atoms with E-state index in [2.05, 4.69) is 10.6 Å². The van der Waals surface area contributed by atoms with Gasteiger partial charge in [0.1, 0.15) is 0 Å². The summed E-state index contributed by atoms with van der Waals surface area (Å²) in [6.45, 7) is 0.884. The summed E-state index contributed by atoms with van der Waals surface area (Å²) in [4.78, 5) is 25.1. The topological polar surface area (TPSA) is 70.7 Å². The van der Waals surface area contributed by atoms with Crippen LogP contribution in [0.2, 0.25) is 0 Å². The van der Waals surface area contributed by atoms with Crippen LogP contribution in [0.5, 0.6) is 0 Å². The number of hydrogen-bond donors (Lipinski definition) is 2. The molecule has 2 aromatic carbocycles. The van der Waals surface area contributed by atoms with Crippen LogP contribution in [0.15, 0.2) is 35.2 Å². The molecule has 2 heterocycles. The molecule has 6 nitrogen and oxygen atoms in total. The predicted molar refractivity (Wildman–Crippen MR) is 92.0 cm³/mol. The van der Waals surface area contributed by atoms with Crippen LogP contribution in [0, 0.1) is 17.5 Å². The van der Waals surface area contributed by atoms with Gasteiger partial charge in [0, 0.05) is 23.4 Å². The first-order chi connectivity index (χ1) is 12.9. The fraction of sp³-hybridized carbons (Fsp3) is 0.176. The van der Waals surface area contributed by atoms with Crippen LogP contribution < -0.4 is 10.6 Å². The van der Waals surface area contributed by atoms with E-state index in [0.717, 1.165) is 0 Å². The summed E-state index contributed by atoms with van der Waals surface area (Å²) < 4.78 is 46.2. The van der Waals surface area contributed by atoms with Crippen molar-refractivity contribution in [1.29, 1.82) is 0 Å². The third-order valence-electron chi connectivity index (χ3n) is 4.08. The normalized spacial score (nSPS) is 16.4. The van der Waals surface area contributed by atoms with Gasteiger partial charge in [-0.15, -0.1) is 0 Å². The molecule has 2 aliphatic rings. The highest BCUT2D eigenvalue weighted by atomic mass is 32.2. The van der Waals surface area contributed by atoms with Crippen LogP contribution >= 0.6 is 11.9 Å². The second-order valence-corrected chi connectivity index (χ2v) is 6.97. The van der Waals surface area contributed by atoms with E-state index in [1.54, 1.807) is 12.1 Å². The minimum absolute atomic E-state index is 0.0502. The Morgan fingerprint density at radius 3 is 2.52 bits per heavy atom. The van der Waals surface area contributed by atoms with E-state index in [0.29, 0.717) is 35.9 Å².